The van der Waals surface area contributed by atoms with Crippen molar-refractivity contribution in [1.82, 2.24) is 4.98 Å². The third-order valence-corrected chi connectivity index (χ3v) is 4.25. The standard InChI is InChI=1S/C18H19BN4O3/c20-9-15(12-2-4-16(19(25)26)17(21)8-12)18(24)23-14-3-1-13-10-22-6-5-11(13)7-14/h1-8,10,15,25-26H,9,20-21H2,(H,23,24). The number of rotatable bonds is 5. The lowest BCUT2D eigenvalue weighted by Gasteiger charge is -2.17. The molecule has 0 spiro atoms. The van der Waals surface area contributed by atoms with E-state index >= 15 is 0 Å². The molecule has 0 bridgehead atoms. The molecule has 8 heteroatoms. The Morgan fingerprint density at radius 1 is 1.15 bits per heavy atom. The first-order valence-corrected chi connectivity index (χ1v) is 8.09. The number of nitrogens with zero attached hydrogens (tertiary/aromatic N) is 1. The summed E-state index contributed by atoms with van der Waals surface area (Å²) in [7, 11) is -1.67. The van der Waals surface area contributed by atoms with Gasteiger partial charge >= 0.3 is 7.12 Å². The number of carbonyl (C=O) groups is 1. The van der Waals surface area contributed by atoms with Gasteiger partial charge in [-0.1, -0.05) is 18.2 Å². The molecule has 26 heavy (non-hydrogen) atoms. The van der Waals surface area contributed by atoms with Crippen LogP contribution in [0.15, 0.2) is 54.9 Å². The van der Waals surface area contributed by atoms with Crippen LogP contribution in [0.1, 0.15) is 11.5 Å². The summed E-state index contributed by atoms with van der Waals surface area (Å²) >= 11 is 0. The van der Waals surface area contributed by atoms with Crippen molar-refractivity contribution in [3.63, 3.8) is 0 Å². The van der Waals surface area contributed by atoms with Gasteiger partial charge in [-0.3, -0.25) is 9.78 Å². The highest BCUT2D eigenvalue weighted by atomic mass is 16.4. The van der Waals surface area contributed by atoms with Crippen LogP contribution in [0.3, 0.4) is 0 Å². The molecule has 0 aliphatic heterocycles. The Bertz CT molecular complexity index is 949. The molecular formula is C18H19BN4O3. The molecule has 7 nitrogen and oxygen atoms in total. The SMILES string of the molecule is NCC(C(=O)Nc1ccc2cnccc2c1)c1ccc(B(O)O)c(N)c1. The van der Waals surface area contributed by atoms with Crippen LogP contribution in [0.25, 0.3) is 10.8 Å². The lowest BCUT2D eigenvalue weighted by molar-refractivity contribution is -0.117. The van der Waals surface area contributed by atoms with Gasteiger partial charge in [-0.15, -0.1) is 0 Å². The quantitative estimate of drug-likeness (QED) is 0.329. The minimum Gasteiger partial charge on any atom is -0.423 e. The number of hydrogen-bond acceptors (Lipinski definition) is 6. The summed E-state index contributed by atoms with van der Waals surface area (Å²) in [4.78, 5) is 16.7. The Labute approximate surface area is 150 Å². The van der Waals surface area contributed by atoms with Gasteiger partial charge in [0.1, 0.15) is 0 Å². The number of pyridine rings is 1. The summed E-state index contributed by atoms with van der Waals surface area (Å²) < 4.78 is 0. The van der Waals surface area contributed by atoms with Gasteiger partial charge < -0.3 is 26.8 Å². The van der Waals surface area contributed by atoms with Gasteiger partial charge in [0.05, 0.1) is 5.92 Å². The van der Waals surface area contributed by atoms with Crippen LogP contribution in [0.5, 0.6) is 0 Å². The Morgan fingerprint density at radius 3 is 2.65 bits per heavy atom. The summed E-state index contributed by atoms with van der Waals surface area (Å²) in [5.41, 5.74) is 13.3. The van der Waals surface area contributed by atoms with E-state index in [9.17, 15) is 14.8 Å². The summed E-state index contributed by atoms with van der Waals surface area (Å²) in [6.45, 7) is 0.0871. The number of aromatic nitrogens is 1. The molecule has 0 aliphatic rings. The highest BCUT2D eigenvalue weighted by Crippen LogP contribution is 2.22. The van der Waals surface area contributed by atoms with Crippen molar-refractivity contribution >= 4 is 40.6 Å². The number of hydrogen-bond donors (Lipinski definition) is 5. The normalized spacial score (nSPS) is 12.0. The van der Waals surface area contributed by atoms with Crippen LogP contribution < -0.4 is 22.2 Å². The fourth-order valence-corrected chi connectivity index (χ4v) is 2.83. The van der Waals surface area contributed by atoms with E-state index in [1.807, 2.05) is 18.2 Å². The predicted molar refractivity (Wildman–Crippen MR) is 103 cm³/mol. The zero-order valence-electron chi connectivity index (χ0n) is 14.0. The Balaban J connectivity index is 1.83. The summed E-state index contributed by atoms with van der Waals surface area (Å²) in [5, 5.41) is 23.3. The lowest BCUT2D eigenvalue weighted by atomic mass is 9.78. The number of nitrogen functional groups attached to an aromatic ring is 1. The molecular weight excluding hydrogens is 331 g/mol. The molecule has 0 saturated heterocycles. The molecule has 2 aromatic carbocycles. The third kappa shape index (κ3) is 3.67. The minimum atomic E-state index is -1.67. The second-order valence-corrected chi connectivity index (χ2v) is 5.98. The van der Waals surface area contributed by atoms with E-state index in [2.05, 4.69) is 10.3 Å². The summed E-state index contributed by atoms with van der Waals surface area (Å²) in [6, 6.07) is 12.0. The Morgan fingerprint density at radius 2 is 1.96 bits per heavy atom. The van der Waals surface area contributed by atoms with Crippen molar-refractivity contribution < 1.29 is 14.8 Å². The van der Waals surface area contributed by atoms with Gasteiger partial charge in [-0.05, 0) is 35.2 Å². The van der Waals surface area contributed by atoms with Crippen molar-refractivity contribution in [3.05, 3.63) is 60.4 Å². The first-order valence-electron chi connectivity index (χ1n) is 8.09. The molecule has 0 saturated carbocycles. The van der Waals surface area contributed by atoms with Crippen LogP contribution in [0, 0.1) is 0 Å². The van der Waals surface area contributed by atoms with Gasteiger partial charge in [-0.25, -0.2) is 0 Å². The molecule has 3 aromatic rings. The summed E-state index contributed by atoms with van der Waals surface area (Å²) in [6.07, 6.45) is 3.44. The topological polar surface area (TPSA) is 134 Å². The first kappa shape index (κ1) is 17.9. The van der Waals surface area contributed by atoms with E-state index in [1.54, 1.807) is 24.5 Å². The smallest absolute Gasteiger partial charge is 0.423 e. The number of nitrogens with one attached hydrogen (secondary N) is 1. The average molecular weight is 350 g/mol. The maximum Gasteiger partial charge on any atom is 0.490 e. The summed E-state index contributed by atoms with van der Waals surface area (Å²) in [5.74, 6) is -0.882. The third-order valence-electron chi connectivity index (χ3n) is 4.25. The number of anilines is 2. The maximum absolute atomic E-state index is 12.7. The molecule has 7 N–H and O–H groups in total. The Kier molecular flexibility index (Phi) is 5.17. The largest absolute Gasteiger partial charge is 0.490 e. The van der Waals surface area contributed by atoms with Crippen LogP contribution in [0.4, 0.5) is 11.4 Å². The first-order chi connectivity index (χ1) is 12.5. The molecule has 1 unspecified atom stereocenters. The molecule has 3 rings (SSSR count). The zero-order chi connectivity index (χ0) is 18.7. The number of fused-ring (bicyclic) bond motifs is 1. The van der Waals surface area contributed by atoms with Crippen molar-refractivity contribution in [2.45, 2.75) is 5.92 Å². The van der Waals surface area contributed by atoms with E-state index in [1.165, 1.54) is 12.1 Å². The van der Waals surface area contributed by atoms with Crippen molar-refractivity contribution in [2.24, 2.45) is 5.73 Å². The van der Waals surface area contributed by atoms with E-state index in [0.29, 0.717) is 11.3 Å². The van der Waals surface area contributed by atoms with Crippen LogP contribution in [-0.2, 0) is 4.79 Å². The fraction of sp³-hybridized carbons (Fsp3) is 0.111. The van der Waals surface area contributed by atoms with E-state index < -0.39 is 13.0 Å². The number of benzene rings is 2. The fourth-order valence-electron chi connectivity index (χ4n) is 2.83. The molecule has 1 amide bonds. The van der Waals surface area contributed by atoms with Gasteiger partial charge in [0, 0.05) is 41.2 Å². The minimum absolute atomic E-state index is 0.0871. The second kappa shape index (κ2) is 7.53. The molecule has 0 radical (unpaired) electrons. The Hall–Kier alpha value is -2.94. The van der Waals surface area contributed by atoms with Crippen LogP contribution in [-0.4, -0.2) is 34.6 Å². The highest BCUT2D eigenvalue weighted by molar-refractivity contribution is 6.60. The molecule has 0 fully saturated rings. The molecule has 1 atom stereocenters. The van der Waals surface area contributed by atoms with E-state index in [4.69, 9.17) is 11.5 Å². The number of amides is 1. The average Bonchev–Trinajstić information content (AvgIpc) is 2.62. The van der Waals surface area contributed by atoms with Gasteiger partial charge in [0.25, 0.3) is 0 Å². The maximum atomic E-state index is 12.7. The van der Waals surface area contributed by atoms with E-state index in [-0.39, 0.29) is 23.6 Å². The monoisotopic (exact) mass is 350 g/mol. The van der Waals surface area contributed by atoms with Gasteiger partial charge in [0.2, 0.25) is 5.91 Å². The van der Waals surface area contributed by atoms with E-state index in [0.717, 1.165) is 10.8 Å². The highest BCUT2D eigenvalue weighted by Gasteiger charge is 2.22. The van der Waals surface area contributed by atoms with Crippen molar-refractivity contribution in [1.29, 1.82) is 0 Å². The van der Waals surface area contributed by atoms with Crippen molar-refractivity contribution in [3.8, 4) is 0 Å². The molecule has 0 aliphatic carbocycles. The molecule has 1 aromatic heterocycles. The lowest BCUT2D eigenvalue weighted by Crippen LogP contribution is -2.33. The zero-order valence-corrected chi connectivity index (χ0v) is 14.0. The van der Waals surface area contributed by atoms with Crippen molar-refractivity contribution in [2.75, 3.05) is 17.6 Å². The van der Waals surface area contributed by atoms with Gasteiger partial charge in [0.15, 0.2) is 0 Å². The predicted octanol–water partition coefficient (Wildman–Crippen LogP) is 0.178. The van der Waals surface area contributed by atoms with Crippen LogP contribution in [0.2, 0.25) is 0 Å². The van der Waals surface area contributed by atoms with Gasteiger partial charge in [-0.2, -0.15) is 0 Å². The molecule has 1 heterocycles. The van der Waals surface area contributed by atoms with Crippen LogP contribution >= 0.6 is 0 Å². The second-order valence-electron chi connectivity index (χ2n) is 5.98. The molecule has 132 valence electrons. The number of carbonyl (C=O) groups excluding carboxylic acids is 1. The number of nitrogens with two attached hydrogens (primary N) is 2.